The minimum absolute atomic E-state index is 0.157. The van der Waals surface area contributed by atoms with Gasteiger partial charge in [0.1, 0.15) is 4.47 Å². The molecule has 0 amide bonds. The fraction of sp³-hybridized carbons (Fsp3) is 0.364. The van der Waals surface area contributed by atoms with Gasteiger partial charge in [0.05, 0.1) is 18.2 Å². The van der Waals surface area contributed by atoms with Crippen LogP contribution in [0.3, 0.4) is 0 Å². The summed E-state index contributed by atoms with van der Waals surface area (Å²) in [5.74, 6) is 0. The number of nitrogens with zero attached hydrogens (tertiary/aromatic N) is 4. The summed E-state index contributed by atoms with van der Waals surface area (Å²) in [7, 11) is 1.62. The first kappa shape index (κ1) is 12.8. The Bertz CT molecular complexity index is 578. The van der Waals surface area contributed by atoms with Crippen molar-refractivity contribution in [1.82, 2.24) is 19.3 Å². The monoisotopic (exact) mass is 311 g/mol. The van der Waals surface area contributed by atoms with Crippen molar-refractivity contribution >= 4 is 21.6 Å². The molecular weight excluding hydrogens is 298 g/mol. The molecule has 96 valence electrons. The Kier molecular flexibility index (Phi) is 3.81. The van der Waals surface area contributed by atoms with Crippen molar-refractivity contribution in [1.29, 1.82) is 0 Å². The van der Waals surface area contributed by atoms with E-state index in [2.05, 4.69) is 31.3 Å². The molecule has 0 aliphatic heterocycles. The lowest BCUT2D eigenvalue weighted by atomic mass is 10.3. The first-order valence-corrected chi connectivity index (χ1v) is 6.31. The van der Waals surface area contributed by atoms with Gasteiger partial charge in [0, 0.05) is 32.0 Å². The Balaban J connectivity index is 2.10. The molecule has 0 spiro atoms. The first-order chi connectivity index (χ1) is 8.58. The molecule has 1 unspecified atom stereocenters. The molecule has 2 rings (SSSR count). The minimum Gasteiger partial charge on any atom is -0.378 e. The van der Waals surface area contributed by atoms with Crippen LogP contribution < -0.4 is 10.9 Å². The van der Waals surface area contributed by atoms with Gasteiger partial charge in [0.15, 0.2) is 0 Å². The van der Waals surface area contributed by atoms with Crippen LogP contribution in [0.1, 0.15) is 6.92 Å². The van der Waals surface area contributed by atoms with Crippen molar-refractivity contribution in [2.24, 2.45) is 7.05 Å². The number of anilines is 1. The maximum absolute atomic E-state index is 11.7. The van der Waals surface area contributed by atoms with Gasteiger partial charge in [-0.3, -0.25) is 4.79 Å². The molecule has 1 atom stereocenters. The summed E-state index contributed by atoms with van der Waals surface area (Å²) in [6.07, 6.45) is 7.03. The molecular formula is C11H14BrN5O. The number of halogens is 1. The number of hydrogen-bond donors (Lipinski definition) is 1. The Morgan fingerprint density at radius 1 is 1.56 bits per heavy atom. The average Bonchev–Trinajstić information content (AvgIpc) is 2.83. The van der Waals surface area contributed by atoms with E-state index >= 15 is 0 Å². The molecule has 0 saturated carbocycles. The van der Waals surface area contributed by atoms with Gasteiger partial charge in [-0.25, -0.2) is 9.67 Å². The third-order valence-electron chi connectivity index (χ3n) is 2.52. The Labute approximate surface area is 113 Å². The van der Waals surface area contributed by atoms with E-state index in [0.717, 1.165) is 6.54 Å². The number of imidazole rings is 1. The summed E-state index contributed by atoms with van der Waals surface area (Å²) in [4.78, 5) is 15.7. The standard InChI is InChI=1S/C11H14BrN5O/c1-8(6-17-4-3-13-7-17)15-9-5-14-16(2)11(18)10(9)12/h3-5,7-8,15H,6H2,1-2H3. The lowest BCUT2D eigenvalue weighted by Gasteiger charge is -2.16. The van der Waals surface area contributed by atoms with Gasteiger partial charge in [-0.05, 0) is 22.9 Å². The molecule has 18 heavy (non-hydrogen) atoms. The van der Waals surface area contributed by atoms with Crippen LogP contribution in [0, 0.1) is 0 Å². The van der Waals surface area contributed by atoms with Crippen LogP contribution in [-0.2, 0) is 13.6 Å². The smallest absolute Gasteiger partial charge is 0.282 e. The van der Waals surface area contributed by atoms with E-state index in [0.29, 0.717) is 10.2 Å². The second kappa shape index (κ2) is 5.34. The van der Waals surface area contributed by atoms with E-state index in [1.807, 2.05) is 17.7 Å². The van der Waals surface area contributed by atoms with Crippen molar-refractivity contribution in [3.63, 3.8) is 0 Å². The normalized spacial score (nSPS) is 12.4. The Morgan fingerprint density at radius 2 is 2.33 bits per heavy atom. The predicted octanol–water partition coefficient (Wildman–Crippen LogP) is 1.24. The summed E-state index contributed by atoms with van der Waals surface area (Å²) in [5.41, 5.74) is 0.542. The van der Waals surface area contributed by atoms with Gasteiger partial charge < -0.3 is 9.88 Å². The zero-order valence-corrected chi connectivity index (χ0v) is 11.8. The third-order valence-corrected chi connectivity index (χ3v) is 3.29. The predicted molar refractivity (Wildman–Crippen MR) is 72.5 cm³/mol. The summed E-state index contributed by atoms with van der Waals surface area (Å²) in [6, 6.07) is 0.157. The van der Waals surface area contributed by atoms with E-state index in [4.69, 9.17) is 0 Å². The Morgan fingerprint density at radius 3 is 3.00 bits per heavy atom. The topological polar surface area (TPSA) is 64.7 Å². The van der Waals surface area contributed by atoms with Crippen molar-refractivity contribution < 1.29 is 0 Å². The lowest BCUT2D eigenvalue weighted by molar-refractivity contribution is 0.616. The van der Waals surface area contributed by atoms with Gasteiger partial charge in [0.25, 0.3) is 5.56 Å². The van der Waals surface area contributed by atoms with E-state index in [9.17, 15) is 4.79 Å². The fourth-order valence-electron chi connectivity index (χ4n) is 1.63. The zero-order valence-electron chi connectivity index (χ0n) is 10.2. The van der Waals surface area contributed by atoms with Crippen LogP contribution in [0.15, 0.2) is 34.2 Å². The van der Waals surface area contributed by atoms with E-state index < -0.39 is 0 Å². The first-order valence-electron chi connectivity index (χ1n) is 5.52. The molecule has 0 aromatic carbocycles. The Hall–Kier alpha value is -1.63. The lowest BCUT2D eigenvalue weighted by Crippen LogP contribution is -2.26. The van der Waals surface area contributed by atoms with Crippen LogP contribution in [0.4, 0.5) is 5.69 Å². The van der Waals surface area contributed by atoms with Gasteiger partial charge in [0.2, 0.25) is 0 Å². The molecule has 2 aromatic rings. The van der Waals surface area contributed by atoms with Crippen LogP contribution in [0.25, 0.3) is 0 Å². The van der Waals surface area contributed by atoms with Gasteiger partial charge in [-0.1, -0.05) is 0 Å². The molecule has 0 aliphatic rings. The van der Waals surface area contributed by atoms with E-state index in [-0.39, 0.29) is 11.6 Å². The molecule has 1 N–H and O–H groups in total. The molecule has 2 heterocycles. The molecule has 2 aromatic heterocycles. The molecule has 0 fully saturated rings. The van der Waals surface area contributed by atoms with Crippen LogP contribution >= 0.6 is 15.9 Å². The molecule has 0 saturated heterocycles. The largest absolute Gasteiger partial charge is 0.378 e. The summed E-state index contributed by atoms with van der Waals surface area (Å²) >= 11 is 3.28. The molecule has 0 aliphatic carbocycles. The molecule has 6 nitrogen and oxygen atoms in total. The van der Waals surface area contributed by atoms with Gasteiger partial charge >= 0.3 is 0 Å². The number of aromatic nitrogens is 4. The number of rotatable bonds is 4. The number of nitrogens with one attached hydrogen (secondary N) is 1. The summed E-state index contributed by atoms with van der Waals surface area (Å²) in [6.45, 7) is 2.80. The summed E-state index contributed by atoms with van der Waals surface area (Å²) < 4.78 is 3.76. The van der Waals surface area contributed by atoms with Crippen LogP contribution in [-0.4, -0.2) is 25.4 Å². The number of hydrogen-bond acceptors (Lipinski definition) is 4. The summed E-state index contributed by atoms with van der Waals surface area (Å²) in [5, 5.41) is 7.23. The molecule has 0 radical (unpaired) electrons. The maximum Gasteiger partial charge on any atom is 0.282 e. The fourth-order valence-corrected chi connectivity index (χ4v) is 2.11. The maximum atomic E-state index is 11.7. The van der Waals surface area contributed by atoms with Crippen molar-refractivity contribution in [3.05, 3.63) is 39.7 Å². The zero-order chi connectivity index (χ0) is 13.1. The van der Waals surface area contributed by atoms with E-state index in [1.165, 1.54) is 4.68 Å². The highest BCUT2D eigenvalue weighted by Crippen LogP contribution is 2.17. The highest BCUT2D eigenvalue weighted by molar-refractivity contribution is 9.10. The van der Waals surface area contributed by atoms with Crippen molar-refractivity contribution in [2.45, 2.75) is 19.5 Å². The van der Waals surface area contributed by atoms with Crippen molar-refractivity contribution in [3.8, 4) is 0 Å². The quantitative estimate of drug-likeness (QED) is 0.922. The minimum atomic E-state index is -0.158. The average molecular weight is 312 g/mol. The van der Waals surface area contributed by atoms with Crippen LogP contribution in [0.5, 0.6) is 0 Å². The highest BCUT2D eigenvalue weighted by Gasteiger charge is 2.09. The third kappa shape index (κ3) is 2.79. The SMILES string of the molecule is CC(Cn1ccnc1)Nc1cnn(C)c(=O)c1Br. The molecule has 0 bridgehead atoms. The van der Waals surface area contributed by atoms with E-state index in [1.54, 1.807) is 25.8 Å². The van der Waals surface area contributed by atoms with Gasteiger partial charge in [-0.15, -0.1) is 0 Å². The number of aryl methyl sites for hydroxylation is 1. The second-order valence-corrected chi connectivity index (χ2v) is 4.90. The highest BCUT2D eigenvalue weighted by atomic mass is 79.9. The van der Waals surface area contributed by atoms with Crippen LogP contribution in [0.2, 0.25) is 0 Å². The van der Waals surface area contributed by atoms with Gasteiger partial charge in [-0.2, -0.15) is 5.10 Å². The second-order valence-electron chi connectivity index (χ2n) is 4.11. The molecule has 7 heteroatoms. The van der Waals surface area contributed by atoms with Crippen molar-refractivity contribution in [2.75, 3.05) is 5.32 Å².